The van der Waals surface area contributed by atoms with E-state index in [-0.39, 0.29) is 12.1 Å². The Kier molecular flexibility index (Phi) is 16.1. The minimum Gasteiger partial charge on any atom is -0.459 e. The van der Waals surface area contributed by atoms with Gasteiger partial charge in [-0.1, -0.05) is 92.1 Å². The fourth-order valence-corrected chi connectivity index (χ4v) is 3.21. The van der Waals surface area contributed by atoms with Gasteiger partial charge in [0.1, 0.15) is 6.10 Å². The number of unbranched alkanes of at least 4 members (excludes halogenated alkanes) is 7. The van der Waals surface area contributed by atoms with Crippen molar-refractivity contribution in [2.24, 2.45) is 11.8 Å². The number of carbonyl (C=O) groups excluding carboxylic acids is 1. The van der Waals surface area contributed by atoms with Crippen LogP contribution in [-0.4, -0.2) is 12.1 Å². The molecule has 0 spiro atoms. The molecule has 0 saturated heterocycles. The molecule has 0 amide bonds. The Hall–Kier alpha value is -0.790. The molecular weight excluding hydrogens is 308 g/mol. The average molecular weight is 353 g/mol. The van der Waals surface area contributed by atoms with Gasteiger partial charge in [-0.3, -0.25) is 0 Å². The number of hydrogen-bond donors (Lipinski definition) is 0. The van der Waals surface area contributed by atoms with Crippen molar-refractivity contribution in [1.82, 2.24) is 0 Å². The van der Waals surface area contributed by atoms with E-state index in [1.165, 1.54) is 70.3 Å². The van der Waals surface area contributed by atoms with Gasteiger partial charge in [0, 0.05) is 6.08 Å². The molecule has 1 unspecified atom stereocenters. The summed E-state index contributed by atoms with van der Waals surface area (Å²) in [5.41, 5.74) is 0. The highest BCUT2D eigenvalue weighted by Crippen LogP contribution is 2.18. The Balaban J connectivity index is 3.79. The van der Waals surface area contributed by atoms with Crippen molar-refractivity contribution in [3.05, 3.63) is 12.7 Å². The molecule has 0 rings (SSSR count). The van der Waals surface area contributed by atoms with E-state index < -0.39 is 0 Å². The Morgan fingerprint density at radius 2 is 1.08 bits per heavy atom. The molecule has 0 aliphatic carbocycles. The van der Waals surface area contributed by atoms with Crippen LogP contribution < -0.4 is 0 Å². The standard InChI is InChI=1S/C23H44O2/c1-6-23(24)25-22(19-15-11-13-17-21(4)5)18-14-10-8-7-9-12-16-20(2)3/h6,20-22H,1,7-19H2,2-5H3. The first kappa shape index (κ1) is 24.2. The molecule has 148 valence electrons. The molecule has 0 aliphatic rings. The maximum atomic E-state index is 11.5. The van der Waals surface area contributed by atoms with Crippen molar-refractivity contribution in [2.45, 2.75) is 117 Å². The number of ether oxygens (including phenoxy) is 1. The smallest absolute Gasteiger partial charge is 0.330 e. The Labute approximate surface area is 157 Å². The maximum absolute atomic E-state index is 11.5. The van der Waals surface area contributed by atoms with Crippen LogP contribution in [0.4, 0.5) is 0 Å². The van der Waals surface area contributed by atoms with Gasteiger partial charge in [0.05, 0.1) is 0 Å². The first-order valence-electron chi connectivity index (χ1n) is 10.8. The molecular formula is C23H44O2. The molecule has 2 heteroatoms. The summed E-state index contributed by atoms with van der Waals surface area (Å²) in [7, 11) is 0. The summed E-state index contributed by atoms with van der Waals surface area (Å²) < 4.78 is 5.54. The minimum atomic E-state index is -0.263. The summed E-state index contributed by atoms with van der Waals surface area (Å²) in [6, 6.07) is 0. The van der Waals surface area contributed by atoms with Gasteiger partial charge in [-0.2, -0.15) is 0 Å². The molecule has 0 aliphatic heterocycles. The second-order valence-corrected chi connectivity index (χ2v) is 8.39. The fourth-order valence-electron chi connectivity index (χ4n) is 3.21. The topological polar surface area (TPSA) is 26.3 Å². The quantitative estimate of drug-likeness (QED) is 0.154. The molecule has 0 aromatic carbocycles. The predicted molar refractivity (Wildman–Crippen MR) is 110 cm³/mol. The first-order valence-corrected chi connectivity index (χ1v) is 10.8. The Morgan fingerprint density at radius 1 is 0.720 bits per heavy atom. The largest absolute Gasteiger partial charge is 0.459 e. The van der Waals surface area contributed by atoms with Gasteiger partial charge >= 0.3 is 5.97 Å². The lowest BCUT2D eigenvalue weighted by atomic mass is 10.00. The number of rotatable bonds is 17. The molecule has 0 fully saturated rings. The van der Waals surface area contributed by atoms with Crippen molar-refractivity contribution >= 4 is 5.97 Å². The highest BCUT2D eigenvalue weighted by Gasteiger charge is 2.12. The van der Waals surface area contributed by atoms with E-state index in [2.05, 4.69) is 34.3 Å². The lowest BCUT2D eigenvalue weighted by Crippen LogP contribution is -2.17. The molecule has 2 nitrogen and oxygen atoms in total. The summed E-state index contributed by atoms with van der Waals surface area (Å²) in [5, 5.41) is 0. The van der Waals surface area contributed by atoms with Crippen LogP contribution >= 0.6 is 0 Å². The molecule has 0 aromatic heterocycles. The molecule has 0 bridgehead atoms. The molecule has 0 heterocycles. The predicted octanol–water partition coefficient (Wildman–Crippen LogP) is 7.47. The second kappa shape index (κ2) is 16.7. The number of esters is 1. The van der Waals surface area contributed by atoms with Crippen LogP contribution in [0.2, 0.25) is 0 Å². The lowest BCUT2D eigenvalue weighted by molar-refractivity contribution is -0.143. The maximum Gasteiger partial charge on any atom is 0.330 e. The van der Waals surface area contributed by atoms with E-state index in [0.29, 0.717) is 0 Å². The van der Waals surface area contributed by atoms with Gasteiger partial charge in [0.25, 0.3) is 0 Å². The van der Waals surface area contributed by atoms with Crippen LogP contribution in [0.5, 0.6) is 0 Å². The lowest BCUT2D eigenvalue weighted by Gasteiger charge is -2.17. The Morgan fingerprint density at radius 3 is 1.48 bits per heavy atom. The summed E-state index contributed by atoms with van der Waals surface area (Å²) in [4.78, 5) is 11.5. The number of hydrogen-bond acceptors (Lipinski definition) is 2. The monoisotopic (exact) mass is 352 g/mol. The fraction of sp³-hybridized carbons (Fsp3) is 0.870. The number of carbonyl (C=O) groups is 1. The van der Waals surface area contributed by atoms with Crippen LogP contribution in [0.3, 0.4) is 0 Å². The third-order valence-corrected chi connectivity index (χ3v) is 4.81. The van der Waals surface area contributed by atoms with Crippen LogP contribution in [0.1, 0.15) is 111 Å². The van der Waals surface area contributed by atoms with Crippen molar-refractivity contribution in [2.75, 3.05) is 0 Å². The first-order chi connectivity index (χ1) is 12.0. The van der Waals surface area contributed by atoms with Crippen molar-refractivity contribution in [1.29, 1.82) is 0 Å². The second-order valence-electron chi connectivity index (χ2n) is 8.39. The van der Waals surface area contributed by atoms with Crippen LogP contribution in [0, 0.1) is 11.8 Å². The summed E-state index contributed by atoms with van der Waals surface area (Å²) in [6.45, 7) is 12.7. The zero-order valence-electron chi connectivity index (χ0n) is 17.5. The van der Waals surface area contributed by atoms with Crippen molar-refractivity contribution in [3.8, 4) is 0 Å². The summed E-state index contributed by atoms with van der Waals surface area (Å²) >= 11 is 0. The molecule has 1 atom stereocenters. The van der Waals surface area contributed by atoms with Crippen LogP contribution in [-0.2, 0) is 9.53 Å². The zero-order chi connectivity index (χ0) is 18.9. The van der Waals surface area contributed by atoms with Crippen molar-refractivity contribution < 1.29 is 9.53 Å². The van der Waals surface area contributed by atoms with E-state index in [0.717, 1.165) is 31.1 Å². The molecule has 0 radical (unpaired) electrons. The zero-order valence-corrected chi connectivity index (χ0v) is 17.5. The molecule has 0 saturated carbocycles. The summed E-state index contributed by atoms with van der Waals surface area (Å²) in [5.74, 6) is 1.36. The minimum absolute atomic E-state index is 0.0884. The van der Waals surface area contributed by atoms with Crippen LogP contribution in [0.25, 0.3) is 0 Å². The van der Waals surface area contributed by atoms with E-state index >= 15 is 0 Å². The van der Waals surface area contributed by atoms with Gasteiger partial charge in [0.2, 0.25) is 0 Å². The van der Waals surface area contributed by atoms with Gasteiger partial charge in [0.15, 0.2) is 0 Å². The van der Waals surface area contributed by atoms with Gasteiger partial charge in [-0.15, -0.1) is 0 Å². The highest BCUT2D eigenvalue weighted by molar-refractivity contribution is 5.81. The molecule has 25 heavy (non-hydrogen) atoms. The third-order valence-electron chi connectivity index (χ3n) is 4.81. The van der Waals surface area contributed by atoms with Crippen LogP contribution in [0.15, 0.2) is 12.7 Å². The van der Waals surface area contributed by atoms with E-state index in [4.69, 9.17) is 4.74 Å². The normalized spacial score (nSPS) is 12.6. The average Bonchev–Trinajstić information content (AvgIpc) is 2.55. The van der Waals surface area contributed by atoms with Gasteiger partial charge in [-0.25, -0.2) is 4.79 Å². The van der Waals surface area contributed by atoms with E-state index in [1.807, 2.05) is 0 Å². The van der Waals surface area contributed by atoms with Gasteiger partial charge < -0.3 is 4.74 Å². The van der Waals surface area contributed by atoms with E-state index in [9.17, 15) is 4.79 Å². The molecule has 0 aromatic rings. The van der Waals surface area contributed by atoms with E-state index in [1.54, 1.807) is 0 Å². The Bertz CT molecular complexity index is 320. The highest BCUT2D eigenvalue weighted by atomic mass is 16.5. The SMILES string of the molecule is C=CC(=O)OC(CCCCCCCCC(C)C)CCCCCC(C)C. The summed E-state index contributed by atoms with van der Waals surface area (Å²) in [6.07, 6.45) is 17.6. The van der Waals surface area contributed by atoms with Gasteiger partial charge in [-0.05, 0) is 37.5 Å². The van der Waals surface area contributed by atoms with Crippen molar-refractivity contribution in [3.63, 3.8) is 0 Å². The third kappa shape index (κ3) is 17.8. The molecule has 0 N–H and O–H groups in total.